The van der Waals surface area contributed by atoms with E-state index in [2.05, 4.69) is 4.85 Å². The molecule has 0 fully saturated rings. The summed E-state index contributed by atoms with van der Waals surface area (Å²) in [4.78, 5) is 3.58. The fraction of sp³-hybridized carbons (Fsp3) is 0.0769. The summed E-state index contributed by atoms with van der Waals surface area (Å²) < 4.78 is 49.4. The van der Waals surface area contributed by atoms with Crippen molar-refractivity contribution in [3.05, 3.63) is 95.9 Å². The van der Waals surface area contributed by atoms with Crippen LogP contribution in [0.1, 0.15) is 12.4 Å². The number of furan rings is 1. The van der Waals surface area contributed by atoms with E-state index in [4.69, 9.17) is 17.8 Å². The predicted octanol–water partition coefficient (Wildman–Crippen LogP) is 6.60. The molecule has 0 spiro atoms. The number of hydrogen-bond donors (Lipinski definition) is 0. The maximum atomic E-state index is 8.45. The van der Waals surface area contributed by atoms with Gasteiger partial charge in [0, 0.05) is 28.5 Å². The molecule has 138 valence electrons. The third-order valence-electron chi connectivity index (χ3n) is 5.14. The molecule has 0 N–H and O–H groups in total. The van der Waals surface area contributed by atoms with Gasteiger partial charge in [-0.3, -0.25) is 0 Å². The number of aryl methyl sites for hydroxylation is 2. The second-order valence-electron chi connectivity index (χ2n) is 6.91. The zero-order valence-electron chi connectivity index (χ0n) is 20.9. The number of fused-ring (bicyclic) bond motifs is 3. The molecular weight excluding hydrogens is 356 g/mol. The number of nitrogens with zero attached hydrogens (tertiary/aromatic N) is 2. The quantitative estimate of drug-likeness (QED) is 0.250. The Morgan fingerprint density at radius 1 is 1.00 bits per heavy atom. The van der Waals surface area contributed by atoms with E-state index in [9.17, 15) is 0 Å². The second-order valence-corrected chi connectivity index (χ2v) is 6.91. The average molecular weight is 380 g/mol. The predicted molar refractivity (Wildman–Crippen MR) is 117 cm³/mol. The van der Waals surface area contributed by atoms with Gasteiger partial charge in [-0.25, -0.2) is 9.41 Å². The first-order valence-corrected chi connectivity index (χ1v) is 9.14. The van der Waals surface area contributed by atoms with Gasteiger partial charge in [0.1, 0.15) is 18.2 Å². The van der Waals surface area contributed by atoms with Crippen LogP contribution >= 0.6 is 0 Å². The Morgan fingerprint density at radius 2 is 1.83 bits per heavy atom. The van der Waals surface area contributed by atoms with E-state index < -0.39 is 18.1 Å². The first-order valence-electron chi connectivity index (χ1n) is 11.6. The minimum atomic E-state index is -0.463. The Hall–Kier alpha value is -3.90. The lowest BCUT2D eigenvalue weighted by Crippen LogP contribution is -2.30. The lowest BCUT2D eigenvalue weighted by Gasteiger charge is -2.05. The highest BCUT2D eigenvalue weighted by Gasteiger charge is 2.21. The topological polar surface area (TPSA) is 21.4 Å². The SMILES string of the molecule is [2H]c1c([2H])c([2H])c(-c2cc([N+]#[C-])cc3c2oc2c(-c4cccc[n+]4C)c(C)ccc23)c([2H])c1[2H]. The summed E-state index contributed by atoms with van der Waals surface area (Å²) in [7, 11) is 1.95. The van der Waals surface area contributed by atoms with Crippen molar-refractivity contribution in [3.8, 4) is 22.4 Å². The number of pyridine rings is 1. The van der Waals surface area contributed by atoms with Gasteiger partial charge >= 0.3 is 0 Å². The van der Waals surface area contributed by atoms with E-state index in [0.29, 0.717) is 27.8 Å². The minimum Gasteiger partial charge on any atom is -0.455 e. The van der Waals surface area contributed by atoms with Crippen LogP contribution < -0.4 is 4.57 Å². The third-order valence-corrected chi connectivity index (χ3v) is 5.14. The molecule has 0 atom stereocenters. The molecule has 0 saturated heterocycles. The fourth-order valence-electron chi connectivity index (χ4n) is 3.76. The largest absolute Gasteiger partial charge is 0.455 e. The number of benzene rings is 3. The molecule has 0 aliphatic carbocycles. The Kier molecular flexibility index (Phi) is 2.86. The molecule has 0 saturated carbocycles. The molecule has 0 amide bonds. The van der Waals surface area contributed by atoms with Crippen LogP contribution in [0.15, 0.2) is 83.3 Å². The highest BCUT2D eigenvalue weighted by Crippen LogP contribution is 2.42. The molecule has 29 heavy (non-hydrogen) atoms. The van der Waals surface area contributed by atoms with Gasteiger partial charge in [-0.2, -0.15) is 0 Å². The van der Waals surface area contributed by atoms with Gasteiger partial charge in [0.2, 0.25) is 5.69 Å². The second kappa shape index (κ2) is 6.61. The van der Waals surface area contributed by atoms with Crippen LogP contribution in [0.5, 0.6) is 0 Å². The Balaban J connectivity index is 1.97. The average Bonchev–Trinajstić information content (AvgIpc) is 3.20. The molecule has 2 heterocycles. The molecule has 3 nitrogen and oxygen atoms in total. The van der Waals surface area contributed by atoms with Gasteiger partial charge in [-0.1, -0.05) is 42.3 Å². The van der Waals surface area contributed by atoms with Gasteiger partial charge in [0.15, 0.2) is 11.9 Å². The van der Waals surface area contributed by atoms with Gasteiger partial charge in [0.05, 0.1) is 19.0 Å². The molecule has 2 aromatic heterocycles. The highest BCUT2D eigenvalue weighted by molar-refractivity contribution is 6.14. The van der Waals surface area contributed by atoms with Crippen molar-refractivity contribution < 1.29 is 15.8 Å². The molecule has 5 aromatic rings. The lowest BCUT2D eigenvalue weighted by molar-refractivity contribution is -0.660. The zero-order chi connectivity index (χ0) is 24.3. The van der Waals surface area contributed by atoms with Gasteiger partial charge in [0.25, 0.3) is 0 Å². The first kappa shape index (κ1) is 12.5. The summed E-state index contributed by atoms with van der Waals surface area (Å²) in [6, 6.07) is 11.1. The summed E-state index contributed by atoms with van der Waals surface area (Å²) in [6.45, 7) is 9.59. The van der Waals surface area contributed by atoms with E-state index in [-0.39, 0.29) is 17.6 Å². The summed E-state index contributed by atoms with van der Waals surface area (Å²) in [6.07, 6.45) is 1.95. The van der Waals surface area contributed by atoms with Crippen LogP contribution in [0.2, 0.25) is 0 Å². The molecule has 0 radical (unpaired) electrons. The maximum absolute atomic E-state index is 8.45. The highest BCUT2D eigenvalue weighted by atomic mass is 16.3. The Morgan fingerprint density at radius 3 is 2.59 bits per heavy atom. The molecule has 5 rings (SSSR count). The molecule has 0 bridgehead atoms. The molecule has 3 heteroatoms. The van der Waals surface area contributed by atoms with E-state index in [0.717, 1.165) is 22.2 Å². The monoisotopic (exact) mass is 380 g/mol. The molecule has 0 aliphatic rings. The van der Waals surface area contributed by atoms with E-state index >= 15 is 0 Å². The summed E-state index contributed by atoms with van der Waals surface area (Å²) in [5.74, 6) is 0. The van der Waals surface area contributed by atoms with Gasteiger partial charge in [-0.05, 0) is 36.2 Å². The maximum Gasteiger partial charge on any atom is 0.216 e. The Labute approximate surface area is 176 Å². The molecule has 0 unspecified atom stereocenters. The van der Waals surface area contributed by atoms with Crippen molar-refractivity contribution in [1.82, 2.24) is 0 Å². The van der Waals surface area contributed by atoms with E-state index in [1.165, 1.54) is 6.07 Å². The van der Waals surface area contributed by atoms with Crippen molar-refractivity contribution in [1.29, 1.82) is 0 Å². The van der Waals surface area contributed by atoms with Crippen molar-refractivity contribution in [3.63, 3.8) is 0 Å². The number of rotatable bonds is 2. The van der Waals surface area contributed by atoms with E-state index in [1.54, 1.807) is 6.07 Å². The van der Waals surface area contributed by atoms with Crippen LogP contribution in [0.3, 0.4) is 0 Å². The van der Waals surface area contributed by atoms with Gasteiger partial charge in [-0.15, -0.1) is 0 Å². The summed E-state index contributed by atoms with van der Waals surface area (Å²) in [5, 5.41) is 1.45. The summed E-state index contributed by atoms with van der Waals surface area (Å²) >= 11 is 0. The van der Waals surface area contributed by atoms with Crippen molar-refractivity contribution in [2.75, 3.05) is 0 Å². The smallest absolute Gasteiger partial charge is 0.216 e. The Bertz CT molecular complexity index is 1670. The van der Waals surface area contributed by atoms with Crippen molar-refractivity contribution >= 4 is 27.6 Å². The first-order chi connectivity index (χ1) is 16.2. The van der Waals surface area contributed by atoms with Crippen LogP contribution in [0, 0.1) is 13.5 Å². The summed E-state index contributed by atoms with van der Waals surface area (Å²) in [5.41, 5.74) is 4.46. The number of aromatic nitrogens is 1. The fourth-order valence-corrected chi connectivity index (χ4v) is 3.76. The lowest BCUT2D eigenvalue weighted by atomic mass is 9.98. The third kappa shape index (κ3) is 2.69. The van der Waals surface area contributed by atoms with Crippen LogP contribution in [0.25, 0.3) is 49.2 Å². The molecule has 3 aromatic carbocycles. The van der Waals surface area contributed by atoms with Crippen molar-refractivity contribution in [2.24, 2.45) is 7.05 Å². The van der Waals surface area contributed by atoms with Crippen LogP contribution in [0.4, 0.5) is 5.69 Å². The van der Waals surface area contributed by atoms with Crippen LogP contribution in [-0.4, -0.2) is 0 Å². The zero-order valence-corrected chi connectivity index (χ0v) is 15.9. The standard InChI is InChI=1S/C26H19N2O/c1-17-12-13-20-22-16-19(27-2)15-21(18-9-5-4-6-10-18)25(22)29-26(20)24(17)23-11-7-8-14-28(23)3/h4-16H,1,3H3/q+1/i4D,5D,6D,9D,10D. The molecular formula is C26H19N2O+. The van der Waals surface area contributed by atoms with E-state index in [1.807, 2.05) is 55.1 Å². The number of hydrogen-bond acceptors (Lipinski definition) is 1. The van der Waals surface area contributed by atoms with Crippen molar-refractivity contribution in [2.45, 2.75) is 6.92 Å². The van der Waals surface area contributed by atoms with Gasteiger partial charge < -0.3 is 4.42 Å². The molecule has 0 aliphatic heterocycles. The minimum absolute atomic E-state index is 0.0177. The normalized spacial score (nSPS) is 13.5. The van der Waals surface area contributed by atoms with Crippen LogP contribution in [-0.2, 0) is 7.05 Å².